The van der Waals surface area contributed by atoms with Gasteiger partial charge in [-0.1, -0.05) is 6.92 Å². The quantitative estimate of drug-likeness (QED) is 0.758. The van der Waals surface area contributed by atoms with Gasteiger partial charge in [0.25, 0.3) is 0 Å². The standard InChI is InChI=1S/C12H23N3O/c1-4-14-12(3,10-13)9-11(2)15-5-7-16-8-6-15/h11,14H,4-9H2,1-3H3. The monoisotopic (exact) mass is 225 g/mol. The second-order valence-electron chi connectivity index (χ2n) is 4.68. The molecule has 0 bridgehead atoms. The predicted octanol–water partition coefficient (Wildman–Crippen LogP) is 0.989. The first-order valence-electron chi connectivity index (χ1n) is 6.09. The van der Waals surface area contributed by atoms with E-state index in [4.69, 9.17) is 4.74 Å². The SMILES string of the molecule is CCNC(C)(C#N)CC(C)N1CCOCC1. The van der Waals surface area contributed by atoms with Crippen LogP contribution >= 0.6 is 0 Å². The van der Waals surface area contributed by atoms with Crippen LogP contribution in [-0.4, -0.2) is 49.3 Å². The van der Waals surface area contributed by atoms with Crippen molar-refractivity contribution in [2.45, 2.75) is 38.8 Å². The Labute approximate surface area is 98.6 Å². The number of morpholine rings is 1. The lowest BCUT2D eigenvalue weighted by atomic mass is 9.94. The third-order valence-corrected chi connectivity index (χ3v) is 3.19. The molecular formula is C12H23N3O. The third-order valence-electron chi connectivity index (χ3n) is 3.19. The normalized spacial score (nSPS) is 23.4. The Morgan fingerprint density at radius 1 is 1.50 bits per heavy atom. The third kappa shape index (κ3) is 3.75. The van der Waals surface area contributed by atoms with Crippen LogP contribution in [0.5, 0.6) is 0 Å². The van der Waals surface area contributed by atoms with Gasteiger partial charge in [-0.05, 0) is 26.8 Å². The average Bonchev–Trinajstić information content (AvgIpc) is 2.30. The van der Waals surface area contributed by atoms with E-state index in [1.54, 1.807) is 0 Å². The fourth-order valence-corrected chi connectivity index (χ4v) is 2.29. The van der Waals surface area contributed by atoms with Crippen LogP contribution in [0.15, 0.2) is 0 Å². The summed E-state index contributed by atoms with van der Waals surface area (Å²) in [7, 11) is 0. The molecule has 2 unspecified atom stereocenters. The second kappa shape index (κ2) is 6.19. The van der Waals surface area contributed by atoms with Crippen molar-refractivity contribution >= 4 is 0 Å². The van der Waals surface area contributed by atoms with Gasteiger partial charge in [-0.2, -0.15) is 5.26 Å². The molecule has 0 amide bonds. The summed E-state index contributed by atoms with van der Waals surface area (Å²) in [6.07, 6.45) is 0.858. The lowest BCUT2D eigenvalue weighted by Gasteiger charge is -2.36. The van der Waals surface area contributed by atoms with Gasteiger partial charge in [0.2, 0.25) is 0 Å². The van der Waals surface area contributed by atoms with Crippen molar-refractivity contribution in [3.8, 4) is 6.07 Å². The molecule has 1 aliphatic rings. The van der Waals surface area contributed by atoms with Crippen molar-refractivity contribution in [2.75, 3.05) is 32.8 Å². The highest BCUT2D eigenvalue weighted by atomic mass is 16.5. The predicted molar refractivity (Wildman–Crippen MR) is 64.2 cm³/mol. The Morgan fingerprint density at radius 3 is 2.62 bits per heavy atom. The average molecular weight is 225 g/mol. The van der Waals surface area contributed by atoms with E-state index in [0.717, 1.165) is 39.3 Å². The Morgan fingerprint density at radius 2 is 2.12 bits per heavy atom. The van der Waals surface area contributed by atoms with Crippen molar-refractivity contribution in [1.82, 2.24) is 10.2 Å². The maximum absolute atomic E-state index is 9.21. The molecule has 0 saturated carbocycles. The summed E-state index contributed by atoms with van der Waals surface area (Å²) in [6.45, 7) is 10.6. The van der Waals surface area contributed by atoms with Crippen LogP contribution in [0.4, 0.5) is 0 Å². The maximum Gasteiger partial charge on any atom is 0.105 e. The molecule has 0 radical (unpaired) electrons. The molecule has 4 nitrogen and oxygen atoms in total. The largest absolute Gasteiger partial charge is 0.379 e. The number of rotatable bonds is 5. The van der Waals surface area contributed by atoms with Gasteiger partial charge in [-0.3, -0.25) is 10.2 Å². The molecule has 0 aromatic heterocycles. The molecule has 92 valence electrons. The van der Waals surface area contributed by atoms with Crippen molar-refractivity contribution < 1.29 is 4.74 Å². The maximum atomic E-state index is 9.21. The summed E-state index contributed by atoms with van der Waals surface area (Å²) in [5.41, 5.74) is -0.410. The molecule has 0 aromatic carbocycles. The summed E-state index contributed by atoms with van der Waals surface area (Å²) in [4.78, 5) is 2.40. The fraction of sp³-hybridized carbons (Fsp3) is 0.917. The molecule has 1 fully saturated rings. The van der Waals surface area contributed by atoms with Gasteiger partial charge in [0, 0.05) is 19.1 Å². The Hall–Kier alpha value is -0.630. The topological polar surface area (TPSA) is 48.3 Å². The summed E-state index contributed by atoms with van der Waals surface area (Å²) >= 11 is 0. The van der Waals surface area contributed by atoms with E-state index in [9.17, 15) is 5.26 Å². The van der Waals surface area contributed by atoms with E-state index in [1.165, 1.54) is 0 Å². The van der Waals surface area contributed by atoms with Crippen LogP contribution in [0, 0.1) is 11.3 Å². The van der Waals surface area contributed by atoms with E-state index < -0.39 is 5.54 Å². The molecular weight excluding hydrogens is 202 g/mol. The first kappa shape index (κ1) is 13.4. The van der Waals surface area contributed by atoms with Gasteiger partial charge in [-0.25, -0.2) is 0 Å². The van der Waals surface area contributed by atoms with Gasteiger partial charge in [0.1, 0.15) is 5.54 Å². The van der Waals surface area contributed by atoms with Crippen molar-refractivity contribution in [3.63, 3.8) is 0 Å². The van der Waals surface area contributed by atoms with E-state index in [-0.39, 0.29) is 0 Å². The highest BCUT2D eigenvalue weighted by molar-refractivity contribution is 5.05. The van der Waals surface area contributed by atoms with E-state index in [1.807, 2.05) is 13.8 Å². The molecule has 0 aliphatic carbocycles. The van der Waals surface area contributed by atoms with E-state index in [0.29, 0.717) is 6.04 Å². The van der Waals surface area contributed by atoms with Crippen LogP contribution in [0.1, 0.15) is 27.2 Å². The Balaban J connectivity index is 2.47. The van der Waals surface area contributed by atoms with Gasteiger partial charge in [0.15, 0.2) is 0 Å². The summed E-state index contributed by atoms with van der Waals surface area (Å²) in [5, 5.41) is 12.5. The Kier molecular flexibility index (Phi) is 5.20. The lowest BCUT2D eigenvalue weighted by Crippen LogP contribution is -2.49. The minimum atomic E-state index is -0.410. The Bertz CT molecular complexity index is 245. The first-order valence-corrected chi connectivity index (χ1v) is 6.09. The number of ether oxygens (including phenoxy) is 1. The number of nitrogens with one attached hydrogen (secondary N) is 1. The summed E-state index contributed by atoms with van der Waals surface area (Å²) in [6, 6.07) is 2.80. The van der Waals surface area contributed by atoms with Crippen molar-refractivity contribution in [3.05, 3.63) is 0 Å². The molecule has 0 aromatic rings. The molecule has 1 rings (SSSR count). The molecule has 4 heteroatoms. The first-order chi connectivity index (χ1) is 7.61. The number of hydrogen-bond donors (Lipinski definition) is 1. The zero-order valence-corrected chi connectivity index (χ0v) is 10.6. The molecule has 0 spiro atoms. The van der Waals surface area contributed by atoms with E-state index in [2.05, 4.69) is 23.2 Å². The molecule has 1 N–H and O–H groups in total. The zero-order chi connectivity index (χ0) is 12.0. The van der Waals surface area contributed by atoms with Gasteiger partial charge >= 0.3 is 0 Å². The molecule has 1 heterocycles. The van der Waals surface area contributed by atoms with Gasteiger partial charge in [-0.15, -0.1) is 0 Å². The summed E-state index contributed by atoms with van der Waals surface area (Å²) in [5.74, 6) is 0. The van der Waals surface area contributed by atoms with Crippen LogP contribution in [0.2, 0.25) is 0 Å². The molecule has 1 aliphatic heterocycles. The van der Waals surface area contributed by atoms with Gasteiger partial charge < -0.3 is 4.74 Å². The highest BCUT2D eigenvalue weighted by Gasteiger charge is 2.28. The molecule has 2 atom stereocenters. The lowest BCUT2D eigenvalue weighted by molar-refractivity contribution is 0.0151. The molecule has 16 heavy (non-hydrogen) atoms. The summed E-state index contributed by atoms with van der Waals surface area (Å²) < 4.78 is 5.33. The zero-order valence-electron chi connectivity index (χ0n) is 10.6. The minimum absolute atomic E-state index is 0.410. The second-order valence-corrected chi connectivity index (χ2v) is 4.68. The molecule has 1 saturated heterocycles. The smallest absolute Gasteiger partial charge is 0.105 e. The fourth-order valence-electron chi connectivity index (χ4n) is 2.29. The van der Waals surface area contributed by atoms with Crippen molar-refractivity contribution in [2.24, 2.45) is 0 Å². The van der Waals surface area contributed by atoms with Crippen LogP contribution in [0.3, 0.4) is 0 Å². The van der Waals surface area contributed by atoms with Crippen LogP contribution in [0.25, 0.3) is 0 Å². The van der Waals surface area contributed by atoms with Gasteiger partial charge in [0.05, 0.1) is 19.3 Å². The van der Waals surface area contributed by atoms with Crippen LogP contribution < -0.4 is 5.32 Å². The van der Waals surface area contributed by atoms with E-state index >= 15 is 0 Å². The van der Waals surface area contributed by atoms with Crippen LogP contribution in [-0.2, 0) is 4.74 Å². The number of nitrogens with zero attached hydrogens (tertiary/aromatic N) is 2. The van der Waals surface area contributed by atoms with Crippen molar-refractivity contribution in [1.29, 1.82) is 5.26 Å². The number of hydrogen-bond acceptors (Lipinski definition) is 4. The highest BCUT2D eigenvalue weighted by Crippen LogP contribution is 2.16. The minimum Gasteiger partial charge on any atom is -0.379 e. The number of nitriles is 1.